The molecule has 1 fully saturated rings. The molecule has 2 heterocycles. The van der Waals surface area contributed by atoms with Crippen LogP contribution in [0.5, 0.6) is 0 Å². The van der Waals surface area contributed by atoms with Crippen LogP contribution >= 0.6 is 0 Å². The molecule has 1 aliphatic rings. The molecule has 0 aliphatic carbocycles. The van der Waals surface area contributed by atoms with Gasteiger partial charge in [0.2, 0.25) is 0 Å². The van der Waals surface area contributed by atoms with Gasteiger partial charge in [-0.25, -0.2) is 9.97 Å². The van der Waals surface area contributed by atoms with Gasteiger partial charge in [-0.3, -0.25) is 4.90 Å². The van der Waals surface area contributed by atoms with Crippen LogP contribution in [0.2, 0.25) is 0 Å². The fourth-order valence-corrected chi connectivity index (χ4v) is 1.99. The van der Waals surface area contributed by atoms with E-state index >= 15 is 0 Å². The van der Waals surface area contributed by atoms with Crippen LogP contribution in [0, 0.1) is 0 Å². The molecule has 0 radical (unpaired) electrons. The number of hydrogen-bond donors (Lipinski definition) is 1. The molecule has 1 aliphatic heterocycles. The zero-order chi connectivity index (χ0) is 9.80. The number of aromatic nitrogens is 2. The molecule has 76 valence electrons. The highest BCUT2D eigenvalue weighted by molar-refractivity contribution is 4.99. The van der Waals surface area contributed by atoms with Crippen molar-refractivity contribution in [2.45, 2.75) is 25.4 Å². The van der Waals surface area contributed by atoms with E-state index in [2.05, 4.69) is 14.9 Å². The van der Waals surface area contributed by atoms with Crippen LogP contribution in [0.1, 0.15) is 18.5 Å². The number of hydrogen-bond acceptors (Lipinski definition) is 4. The second-order valence-corrected chi connectivity index (χ2v) is 3.70. The van der Waals surface area contributed by atoms with Crippen molar-refractivity contribution >= 4 is 0 Å². The third kappa shape index (κ3) is 2.08. The van der Waals surface area contributed by atoms with Crippen LogP contribution in [-0.2, 0) is 6.54 Å². The summed E-state index contributed by atoms with van der Waals surface area (Å²) in [4.78, 5) is 10.5. The normalized spacial score (nSPS) is 22.8. The van der Waals surface area contributed by atoms with E-state index in [1.54, 1.807) is 12.5 Å². The largest absolute Gasteiger partial charge is 0.329 e. The Hall–Kier alpha value is -1.00. The number of nitrogens with zero attached hydrogens (tertiary/aromatic N) is 3. The molecule has 2 rings (SSSR count). The van der Waals surface area contributed by atoms with E-state index in [-0.39, 0.29) is 0 Å². The zero-order valence-corrected chi connectivity index (χ0v) is 8.26. The molecule has 1 atom stereocenters. The maximum absolute atomic E-state index is 5.70. The Morgan fingerprint density at radius 3 is 3.21 bits per heavy atom. The monoisotopic (exact) mass is 192 g/mol. The van der Waals surface area contributed by atoms with E-state index < -0.39 is 0 Å². The Labute approximate surface area is 84.2 Å². The smallest absolute Gasteiger partial charge is 0.115 e. The Morgan fingerprint density at radius 1 is 1.57 bits per heavy atom. The van der Waals surface area contributed by atoms with Gasteiger partial charge >= 0.3 is 0 Å². The van der Waals surface area contributed by atoms with Crippen LogP contribution < -0.4 is 5.73 Å². The van der Waals surface area contributed by atoms with E-state index in [1.165, 1.54) is 12.8 Å². The lowest BCUT2D eigenvalue weighted by Crippen LogP contribution is -2.35. The van der Waals surface area contributed by atoms with Crippen molar-refractivity contribution in [2.24, 2.45) is 5.73 Å². The summed E-state index contributed by atoms with van der Waals surface area (Å²) in [6.45, 7) is 2.81. The van der Waals surface area contributed by atoms with Crippen LogP contribution in [0.3, 0.4) is 0 Å². The second kappa shape index (κ2) is 4.48. The van der Waals surface area contributed by atoms with Gasteiger partial charge in [-0.05, 0) is 25.5 Å². The van der Waals surface area contributed by atoms with Crippen LogP contribution in [0.25, 0.3) is 0 Å². The zero-order valence-electron chi connectivity index (χ0n) is 8.26. The number of rotatable bonds is 3. The van der Waals surface area contributed by atoms with Gasteiger partial charge in [-0.2, -0.15) is 0 Å². The van der Waals surface area contributed by atoms with Gasteiger partial charge in [-0.1, -0.05) is 0 Å². The van der Waals surface area contributed by atoms with Crippen molar-refractivity contribution in [2.75, 3.05) is 13.1 Å². The summed E-state index contributed by atoms with van der Waals surface area (Å²) in [5.74, 6) is 0. The molecule has 0 spiro atoms. The minimum absolute atomic E-state index is 0.546. The lowest BCUT2D eigenvalue weighted by atomic mass is 10.2. The summed E-state index contributed by atoms with van der Waals surface area (Å²) in [7, 11) is 0. The second-order valence-electron chi connectivity index (χ2n) is 3.70. The molecule has 1 aromatic heterocycles. The summed E-state index contributed by atoms with van der Waals surface area (Å²) >= 11 is 0. The van der Waals surface area contributed by atoms with Gasteiger partial charge in [0, 0.05) is 25.3 Å². The molecule has 1 aromatic rings. The van der Waals surface area contributed by atoms with Crippen molar-refractivity contribution in [1.82, 2.24) is 14.9 Å². The van der Waals surface area contributed by atoms with Crippen molar-refractivity contribution < 1.29 is 0 Å². The minimum Gasteiger partial charge on any atom is -0.329 e. The fraction of sp³-hybridized carbons (Fsp3) is 0.600. The molecule has 2 N–H and O–H groups in total. The van der Waals surface area contributed by atoms with Gasteiger partial charge in [0.15, 0.2) is 0 Å². The quantitative estimate of drug-likeness (QED) is 0.753. The molecule has 0 amide bonds. The molecule has 1 saturated heterocycles. The molecule has 0 bridgehead atoms. The molecule has 14 heavy (non-hydrogen) atoms. The summed E-state index contributed by atoms with van der Waals surface area (Å²) in [5.41, 5.74) is 6.79. The Bertz CT molecular complexity index is 275. The first kappa shape index (κ1) is 9.55. The molecule has 0 saturated carbocycles. The standard InChI is InChI=1S/C10H16N4/c11-6-10-2-1-5-14(10)7-9-3-4-12-8-13-9/h3-4,8,10H,1-2,5-7,11H2. The van der Waals surface area contributed by atoms with E-state index in [1.807, 2.05) is 6.07 Å². The van der Waals surface area contributed by atoms with Gasteiger partial charge in [-0.15, -0.1) is 0 Å². The first-order chi connectivity index (χ1) is 6.90. The van der Waals surface area contributed by atoms with Crippen molar-refractivity contribution in [3.63, 3.8) is 0 Å². The topological polar surface area (TPSA) is 55.0 Å². The summed E-state index contributed by atoms with van der Waals surface area (Å²) in [6.07, 6.45) is 5.87. The van der Waals surface area contributed by atoms with E-state index in [0.717, 1.165) is 25.3 Å². The van der Waals surface area contributed by atoms with Gasteiger partial charge in [0.05, 0.1) is 5.69 Å². The lowest BCUT2D eigenvalue weighted by Gasteiger charge is -2.22. The summed E-state index contributed by atoms with van der Waals surface area (Å²) in [6, 6.07) is 2.51. The van der Waals surface area contributed by atoms with Crippen molar-refractivity contribution in [1.29, 1.82) is 0 Å². The molecular formula is C10H16N4. The van der Waals surface area contributed by atoms with Gasteiger partial charge in [0.1, 0.15) is 6.33 Å². The molecule has 1 unspecified atom stereocenters. The van der Waals surface area contributed by atoms with Crippen LogP contribution in [-0.4, -0.2) is 34.0 Å². The first-order valence-electron chi connectivity index (χ1n) is 5.09. The SMILES string of the molecule is NCC1CCCN1Cc1ccncn1. The average Bonchev–Trinajstić information content (AvgIpc) is 2.67. The average molecular weight is 192 g/mol. The highest BCUT2D eigenvalue weighted by Crippen LogP contribution is 2.17. The predicted octanol–water partition coefficient (Wildman–Crippen LogP) is 0.400. The number of likely N-dealkylation sites (tertiary alicyclic amines) is 1. The Kier molecular flexibility index (Phi) is 3.06. The third-order valence-electron chi connectivity index (χ3n) is 2.78. The van der Waals surface area contributed by atoms with Gasteiger partial charge in [0.25, 0.3) is 0 Å². The molecule has 4 heteroatoms. The predicted molar refractivity (Wildman–Crippen MR) is 54.5 cm³/mol. The Balaban J connectivity index is 1.97. The third-order valence-corrected chi connectivity index (χ3v) is 2.78. The van der Waals surface area contributed by atoms with Crippen molar-refractivity contribution in [3.8, 4) is 0 Å². The van der Waals surface area contributed by atoms with Gasteiger partial charge < -0.3 is 5.73 Å². The first-order valence-corrected chi connectivity index (χ1v) is 5.09. The highest BCUT2D eigenvalue weighted by atomic mass is 15.2. The summed E-state index contributed by atoms with van der Waals surface area (Å²) in [5, 5.41) is 0. The van der Waals surface area contributed by atoms with E-state index in [9.17, 15) is 0 Å². The molecule has 4 nitrogen and oxygen atoms in total. The maximum Gasteiger partial charge on any atom is 0.115 e. The fourth-order valence-electron chi connectivity index (χ4n) is 1.99. The maximum atomic E-state index is 5.70. The van der Waals surface area contributed by atoms with Crippen LogP contribution in [0.15, 0.2) is 18.6 Å². The molecule has 0 aromatic carbocycles. The lowest BCUT2D eigenvalue weighted by molar-refractivity contribution is 0.247. The van der Waals surface area contributed by atoms with E-state index in [0.29, 0.717) is 6.04 Å². The molecular weight excluding hydrogens is 176 g/mol. The van der Waals surface area contributed by atoms with Crippen LogP contribution in [0.4, 0.5) is 0 Å². The summed E-state index contributed by atoms with van der Waals surface area (Å²) < 4.78 is 0. The minimum atomic E-state index is 0.546. The number of nitrogens with two attached hydrogens (primary N) is 1. The van der Waals surface area contributed by atoms with Crippen molar-refractivity contribution in [3.05, 3.63) is 24.3 Å². The van der Waals surface area contributed by atoms with E-state index in [4.69, 9.17) is 5.73 Å². The Morgan fingerprint density at radius 2 is 2.50 bits per heavy atom. The highest BCUT2D eigenvalue weighted by Gasteiger charge is 2.22.